The van der Waals surface area contributed by atoms with Crippen LogP contribution in [0.2, 0.25) is 0 Å². The van der Waals surface area contributed by atoms with Gasteiger partial charge in [-0.25, -0.2) is 13.6 Å². The van der Waals surface area contributed by atoms with Crippen molar-refractivity contribution in [1.82, 2.24) is 10.6 Å². The predicted molar refractivity (Wildman–Crippen MR) is 101 cm³/mol. The van der Waals surface area contributed by atoms with Gasteiger partial charge in [0.25, 0.3) is 0 Å². The van der Waals surface area contributed by atoms with Crippen LogP contribution in [0.1, 0.15) is 12.5 Å². The van der Waals surface area contributed by atoms with E-state index in [1.807, 2.05) is 6.92 Å². The van der Waals surface area contributed by atoms with E-state index in [0.717, 1.165) is 24.5 Å². The second kappa shape index (κ2) is 10.6. The molecule has 0 saturated heterocycles. The van der Waals surface area contributed by atoms with Crippen LogP contribution < -0.4 is 15.8 Å². The minimum absolute atomic E-state index is 0. The minimum Gasteiger partial charge on any atom is -0.357 e. The molecule has 0 fully saturated rings. The summed E-state index contributed by atoms with van der Waals surface area (Å²) in [5.74, 6) is 0.735. The lowest BCUT2D eigenvalue weighted by Gasteiger charge is -2.09. The lowest BCUT2D eigenvalue weighted by molar-refractivity contribution is 0.598. The predicted octanol–water partition coefficient (Wildman–Crippen LogP) is 1.24. The first-order chi connectivity index (χ1) is 9.97. The standard InChI is InChI=1S/C14H22N4O2S.HI/c1-3-10-17-14(16-4-2)18-11-9-12-5-7-13(8-6-12)21(15,19)20;/h3,5-8H,1,4,9-11H2,2H3,(H2,15,19,20)(H2,16,17,18);1H. The van der Waals surface area contributed by atoms with Gasteiger partial charge in [0.1, 0.15) is 0 Å². The number of nitrogens with one attached hydrogen (secondary N) is 2. The molecule has 0 aliphatic rings. The Kier molecular flexibility index (Phi) is 10.0. The molecule has 0 radical (unpaired) electrons. The van der Waals surface area contributed by atoms with Gasteiger partial charge in [-0.15, -0.1) is 30.6 Å². The molecule has 0 atom stereocenters. The molecule has 6 nitrogen and oxygen atoms in total. The van der Waals surface area contributed by atoms with Crippen molar-refractivity contribution in [2.75, 3.05) is 19.6 Å². The van der Waals surface area contributed by atoms with Gasteiger partial charge in [-0.2, -0.15) is 0 Å². The molecule has 1 aromatic rings. The monoisotopic (exact) mass is 438 g/mol. The molecule has 0 bridgehead atoms. The summed E-state index contributed by atoms with van der Waals surface area (Å²) in [6.07, 6.45) is 2.48. The van der Waals surface area contributed by atoms with Crippen LogP contribution in [0, 0.1) is 0 Å². The van der Waals surface area contributed by atoms with Gasteiger partial charge >= 0.3 is 0 Å². The van der Waals surface area contributed by atoms with Gasteiger partial charge < -0.3 is 10.6 Å². The summed E-state index contributed by atoms with van der Waals surface area (Å²) < 4.78 is 22.3. The molecule has 0 aliphatic carbocycles. The average Bonchev–Trinajstić information content (AvgIpc) is 2.44. The van der Waals surface area contributed by atoms with E-state index >= 15 is 0 Å². The van der Waals surface area contributed by atoms with Crippen LogP contribution >= 0.6 is 24.0 Å². The Bertz CT molecular complexity index is 585. The molecule has 0 amide bonds. The van der Waals surface area contributed by atoms with Gasteiger partial charge in [0, 0.05) is 19.6 Å². The van der Waals surface area contributed by atoms with E-state index in [0.29, 0.717) is 13.1 Å². The zero-order valence-electron chi connectivity index (χ0n) is 12.6. The highest BCUT2D eigenvalue weighted by atomic mass is 127. The number of aliphatic imine (C=N–C) groups is 1. The van der Waals surface area contributed by atoms with Gasteiger partial charge in [0.15, 0.2) is 5.96 Å². The normalized spacial score (nSPS) is 11.5. The number of primary sulfonamides is 1. The number of nitrogens with two attached hydrogens (primary N) is 1. The van der Waals surface area contributed by atoms with Crippen LogP contribution in [0.4, 0.5) is 0 Å². The number of guanidine groups is 1. The largest absolute Gasteiger partial charge is 0.357 e. The van der Waals surface area contributed by atoms with Crippen LogP contribution in [-0.4, -0.2) is 34.0 Å². The van der Waals surface area contributed by atoms with E-state index < -0.39 is 10.0 Å². The molecule has 22 heavy (non-hydrogen) atoms. The number of hydrogen-bond acceptors (Lipinski definition) is 3. The molecular formula is C14H23IN4O2S. The summed E-state index contributed by atoms with van der Waals surface area (Å²) in [5.41, 5.74) is 1.01. The highest BCUT2D eigenvalue weighted by Crippen LogP contribution is 2.09. The van der Waals surface area contributed by atoms with Crippen molar-refractivity contribution in [2.24, 2.45) is 10.1 Å². The maximum atomic E-state index is 11.2. The van der Waals surface area contributed by atoms with Crippen LogP contribution in [0.3, 0.4) is 0 Å². The summed E-state index contributed by atoms with van der Waals surface area (Å²) >= 11 is 0. The van der Waals surface area contributed by atoms with Gasteiger partial charge in [0.2, 0.25) is 10.0 Å². The summed E-state index contributed by atoms with van der Waals surface area (Å²) in [5, 5.41) is 11.3. The van der Waals surface area contributed by atoms with E-state index in [1.54, 1.807) is 18.2 Å². The number of rotatable bonds is 7. The summed E-state index contributed by atoms with van der Waals surface area (Å²) in [6, 6.07) is 6.52. The molecule has 0 unspecified atom stereocenters. The Labute approximate surface area is 149 Å². The smallest absolute Gasteiger partial charge is 0.238 e. The van der Waals surface area contributed by atoms with Crippen LogP contribution in [0.25, 0.3) is 0 Å². The minimum atomic E-state index is -3.63. The fourth-order valence-corrected chi connectivity index (χ4v) is 2.17. The van der Waals surface area contributed by atoms with Crippen molar-refractivity contribution >= 4 is 40.0 Å². The van der Waals surface area contributed by atoms with Crippen molar-refractivity contribution in [1.29, 1.82) is 0 Å². The maximum absolute atomic E-state index is 11.2. The number of hydrogen-bond donors (Lipinski definition) is 3. The molecule has 0 spiro atoms. The van der Waals surface area contributed by atoms with Crippen molar-refractivity contribution in [2.45, 2.75) is 18.2 Å². The maximum Gasteiger partial charge on any atom is 0.238 e. The second-order valence-electron chi connectivity index (χ2n) is 4.37. The quantitative estimate of drug-likeness (QED) is 0.258. The molecule has 124 valence electrons. The summed E-state index contributed by atoms with van der Waals surface area (Å²) in [7, 11) is -3.63. The highest BCUT2D eigenvalue weighted by Gasteiger charge is 2.06. The second-order valence-corrected chi connectivity index (χ2v) is 5.93. The molecular weight excluding hydrogens is 415 g/mol. The molecule has 8 heteroatoms. The number of nitrogens with zero attached hydrogens (tertiary/aromatic N) is 1. The van der Waals surface area contributed by atoms with Crippen LogP contribution in [-0.2, 0) is 16.4 Å². The third-order valence-electron chi connectivity index (χ3n) is 2.68. The van der Waals surface area contributed by atoms with Crippen molar-refractivity contribution in [3.8, 4) is 0 Å². The van der Waals surface area contributed by atoms with E-state index in [-0.39, 0.29) is 28.9 Å². The third-order valence-corrected chi connectivity index (χ3v) is 3.61. The first kappa shape index (κ1) is 20.9. The molecule has 0 aliphatic heterocycles. The van der Waals surface area contributed by atoms with Crippen molar-refractivity contribution < 1.29 is 8.42 Å². The Morgan fingerprint density at radius 2 is 1.95 bits per heavy atom. The van der Waals surface area contributed by atoms with E-state index in [2.05, 4.69) is 22.2 Å². The van der Waals surface area contributed by atoms with E-state index in [9.17, 15) is 8.42 Å². The Morgan fingerprint density at radius 1 is 1.32 bits per heavy atom. The molecule has 0 heterocycles. The first-order valence-electron chi connectivity index (χ1n) is 6.72. The summed E-state index contributed by atoms with van der Waals surface area (Å²) in [6.45, 7) is 7.67. The Morgan fingerprint density at radius 3 is 2.45 bits per heavy atom. The van der Waals surface area contributed by atoms with E-state index in [4.69, 9.17) is 5.14 Å². The lowest BCUT2D eigenvalue weighted by Crippen LogP contribution is -2.37. The van der Waals surface area contributed by atoms with Gasteiger partial charge in [0.05, 0.1) is 4.90 Å². The van der Waals surface area contributed by atoms with Crippen LogP contribution in [0.5, 0.6) is 0 Å². The number of benzene rings is 1. The summed E-state index contributed by atoms with van der Waals surface area (Å²) in [4.78, 5) is 4.54. The Hall–Kier alpha value is -1.13. The molecule has 1 rings (SSSR count). The fraction of sp³-hybridized carbons (Fsp3) is 0.357. The molecule has 0 saturated carbocycles. The van der Waals surface area contributed by atoms with Crippen LogP contribution in [0.15, 0.2) is 46.8 Å². The third kappa shape index (κ3) is 7.76. The Balaban J connectivity index is 0.00000441. The van der Waals surface area contributed by atoms with Crippen molar-refractivity contribution in [3.63, 3.8) is 0 Å². The first-order valence-corrected chi connectivity index (χ1v) is 8.26. The SMILES string of the molecule is C=CCNC(=NCCc1ccc(S(N)(=O)=O)cc1)NCC.I. The molecule has 4 N–H and O–H groups in total. The number of halogens is 1. The molecule has 1 aromatic carbocycles. The highest BCUT2D eigenvalue weighted by molar-refractivity contribution is 14.0. The van der Waals surface area contributed by atoms with Crippen molar-refractivity contribution in [3.05, 3.63) is 42.5 Å². The van der Waals surface area contributed by atoms with Gasteiger partial charge in [-0.05, 0) is 31.0 Å². The average molecular weight is 438 g/mol. The number of sulfonamides is 1. The van der Waals surface area contributed by atoms with Gasteiger partial charge in [-0.3, -0.25) is 4.99 Å². The van der Waals surface area contributed by atoms with E-state index in [1.165, 1.54) is 12.1 Å². The zero-order valence-corrected chi connectivity index (χ0v) is 15.7. The zero-order chi connectivity index (χ0) is 15.7. The lowest BCUT2D eigenvalue weighted by atomic mass is 10.1. The topological polar surface area (TPSA) is 96.6 Å². The van der Waals surface area contributed by atoms with Gasteiger partial charge in [-0.1, -0.05) is 18.2 Å². The molecule has 0 aromatic heterocycles. The fourth-order valence-electron chi connectivity index (χ4n) is 1.65.